The molecule has 0 radical (unpaired) electrons. The SMILES string of the molecule is CCOC(=O)CC(N)CCO.[NaH].[NaH]. The van der Waals surface area contributed by atoms with E-state index in [9.17, 15) is 4.79 Å². The first-order chi connectivity index (χ1) is 5.20. The van der Waals surface area contributed by atoms with Crippen LogP contribution in [0.4, 0.5) is 0 Å². The third-order valence-electron chi connectivity index (χ3n) is 1.23. The second-order valence-corrected chi connectivity index (χ2v) is 2.28. The summed E-state index contributed by atoms with van der Waals surface area (Å²) < 4.78 is 4.66. The average Bonchev–Trinajstić information content (AvgIpc) is 1.87. The maximum atomic E-state index is 10.7. The molecule has 0 aromatic heterocycles. The normalized spacial score (nSPS) is 10.7. The van der Waals surface area contributed by atoms with Crippen molar-refractivity contribution in [1.82, 2.24) is 0 Å². The molecule has 1 unspecified atom stereocenters. The molecule has 70 valence electrons. The van der Waals surface area contributed by atoms with Crippen LogP contribution in [0.3, 0.4) is 0 Å². The minimum absolute atomic E-state index is 0. The van der Waals surface area contributed by atoms with Crippen molar-refractivity contribution >= 4 is 65.1 Å². The zero-order valence-corrected chi connectivity index (χ0v) is 6.75. The molecule has 0 aromatic rings. The third kappa shape index (κ3) is 13.4. The molecule has 0 bridgehead atoms. The number of nitrogens with two attached hydrogens (primary N) is 1. The van der Waals surface area contributed by atoms with Crippen LogP contribution in [0.2, 0.25) is 0 Å². The summed E-state index contributed by atoms with van der Waals surface area (Å²) in [5, 5.41) is 8.45. The molecule has 0 aliphatic carbocycles. The Hall–Kier alpha value is 1.39. The van der Waals surface area contributed by atoms with Crippen LogP contribution in [0.15, 0.2) is 0 Å². The molecule has 13 heavy (non-hydrogen) atoms. The molecule has 4 nitrogen and oxygen atoms in total. The summed E-state index contributed by atoms with van der Waals surface area (Å²) in [5.74, 6) is -0.298. The van der Waals surface area contributed by atoms with Gasteiger partial charge in [0, 0.05) is 12.6 Å². The summed E-state index contributed by atoms with van der Waals surface area (Å²) in [7, 11) is 0. The van der Waals surface area contributed by atoms with Crippen LogP contribution in [-0.4, -0.2) is 89.4 Å². The summed E-state index contributed by atoms with van der Waals surface area (Å²) in [4.78, 5) is 10.7. The van der Waals surface area contributed by atoms with Gasteiger partial charge in [0.1, 0.15) is 0 Å². The predicted octanol–water partition coefficient (Wildman–Crippen LogP) is -1.65. The second kappa shape index (κ2) is 13.4. The van der Waals surface area contributed by atoms with E-state index in [0.717, 1.165) is 0 Å². The standard InChI is InChI=1S/C7H15NO3.2Na.2H/c1-2-11-7(10)5-6(8)3-4-9;;;;/h6,9H,2-5,8H2,1H3;;;;. The van der Waals surface area contributed by atoms with Gasteiger partial charge < -0.3 is 15.6 Å². The summed E-state index contributed by atoms with van der Waals surface area (Å²) in [6.45, 7) is 2.14. The number of aliphatic hydroxyl groups excluding tert-OH is 1. The topological polar surface area (TPSA) is 72.5 Å². The first-order valence-electron chi connectivity index (χ1n) is 3.72. The van der Waals surface area contributed by atoms with Crippen LogP contribution >= 0.6 is 0 Å². The number of carbonyl (C=O) groups excluding carboxylic acids is 1. The molecular formula is C7H17NNa2O3. The van der Waals surface area contributed by atoms with Crippen molar-refractivity contribution in [2.45, 2.75) is 25.8 Å². The number of carbonyl (C=O) groups is 1. The molecule has 3 N–H and O–H groups in total. The van der Waals surface area contributed by atoms with Crippen molar-refractivity contribution in [3.63, 3.8) is 0 Å². The quantitative estimate of drug-likeness (QED) is 0.420. The van der Waals surface area contributed by atoms with Crippen LogP contribution < -0.4 is 5.73 Å². The second-order valence-electron chi connectivity index (χ2n) is 2.28. The molecule has 1 atom stereocenters. The summed E-state index contributed by atoms with van der Waals surface area (Å²) in [5.41, 5.74) is 5.45. The molecule has 0 rings (SSSR count). The van der Waals surface area contributed by atoms with Crippen LogP contribution in [0, 0.1) is 0 Å². The van der Waals surface area contributed by atoms with E-state index in [4.69, 9.17) is 10.8 Å². The molecule has 0 spiro atoms. The van der Waals surface area contributed by atoms with Gasteiger partial charge in [0.2, 0.25) is 0 Å². The van der Waals surface area contributed by atoms with E-state index in [2.05, 4.69) is 4.74 Å². The van der Waals surface area contributed by atoms with Gasteiger partial charge in [-0.3, -0.25) is 4.79 Å². The number of hydrogen-bond donors (Lipinski definition) is 2. The van der Waals surface area contributed by atoms with Crippen molar-refractivity contribution in [2.75, 3.05) is 13.2 Å². The van der Waals surface area contributed by atoms with Gasteiger partial charge in [-0.2, -0.15) is 0 Å². The molecule has 0 saturated heterocycles. The van der Waals surface area contributed by atoms with Crippen molar-refractivity contribution in [1.29, 1.82) is 0 Å². The molecule has 0 amide bonds. The van der Waals surface area contributed by atoms with Crippen LogP contribution in [0.1, 0.15) is 19.8 Å². The molecule has 0 aliphatic rings. The van der Waals surface area contributed by atoms with Crippen molar-refractivity contribution in [3.05, 3.63) is 0 Å². The van der Waals surface area contributed by atoms with Crippen LogP contribution in [0.5, 0.6) is 0 Å². The summed E-state index contributed by atoms with van der Waals surface area (Å²) in [6, 6.07) is -0.279. The van der Waals surface area contributed by atoms with Gasteiger partial charge in [-0.15, -0.1) is 0 Å². The first kappa shape index (κ1) is 19.9. The maximum absolute atomic E-state index is 10.7. The fourth-order valence-corrected chi connectivity index (χ4v) is 0.702. The van der Waals surface area contributed by atoms with Crippen molar-refractivity contribution in [2.24, 2.45) is 5.73 Å². The average molecular weight is 209 g/mol. The van der Waals surface area contributed by atoms with Gasteiger partial charge in [-0.05, 0) is 13.3 Å². The van der Waals surface area contributed by atoms with E-state index < -0.39 is 0 Å². The van der Waals surface area contributed by atoms with Crippen LogP contribution in [0.25, 0.3) is 0 Å². The molecule has 0 fully saturated rings. The van der Waals surface area contributed by atoms with Gasteiger partial charge in [0.15, 0.2) is 0 Å². The number of esters is 1. The Labute approximate surface area is 123 Å². The Bertz CT molecular complexity index is 124. The van der Waals surface area contributed by atoms with Gasteiger partial charge in [-0.25, -0.2) is 0 Å². The predicted molar refractivity (Wildman–Crippen MR) is 55.2 cm³/mol. The molecule has 0 saturated carbocycles. The zero-order valence-electron chi connectivity index (χ0n) is 6.75. The van der Waals surface area contributed by atoms with Crippen molar-refractivity contribution < 1.29 is 14.6 Å². The third-order valence-corrected chi connectivity index (χ3v) is 1.23. The van der Waals surface area contributed by atoms with E-state index in [1.165, 1.54) is 0 Å². The Morgan fingerprint density at radius 1 is 1.54 bits per heavy atom. The first-order valence-corrected chi connectivity index (χ1v) is 3.72. The van der Waals surface area contributed by atoms with Gasteiger partial charge >= 0.3 is 65.1 Å². The van der Waals surface area contributed by atoms with E-state index >= 15 is 0 Å². The fourth-order valence-electron chi connectivity index (χ4n) is 0.702. The molecule has 0 heterocycles. The van der Waals surface area contributed by atoms with Gasteiger partial charge in [-0.1, -0.05) is 0 Å². The Kier molecular flexibility index (Phi) is 20.5. The van der Waals surface area contributed by atoms with E-state index in [1.54, 1.807) is 6.92 Å². The number of aliphatic hydroxyl groups is 1. The Balaban J connectivity index is -0.000000500. The summed E-state index contributed by atoms with van der Waals surface area (Å²) >= 11 is 0. The monoisotopic (exact) mass is 209 g/mol. The van der Waals surface area contributed by atoms with E-state index in [1.807, 2.05) is 0 Å². The molecule has 0 aliphatic heterocycles. The zero-order chi connectivity index (χ0) is 8.69. The van der Waals surface area contributed by atoms with E-state index in [-0.39, 0.29) is 84.2 Å². The minimum atomic E-state index is -0.298. The number of rotatable bonds is 5. The summed E-state index contributed by atoms with van der Waals surface area (Å²) in [6.07, 6.45) is 0.632. The Morgan fingerprint density at radius 3 is 2.46 bits per heavy atom. The molecular weight excluding hydrogens is 192 g/mol. The number of ether oxygens (including phenoxy) is 1. The number of hydrogen-bond acceptors (Lipinski definition) is 4. The van der Waals surface area contributed by atoms with Gasteiger partial charge in [0.25, 0.3) is 0 Å². The van der Waals surface area contributed by atoms with Crippen LogP contribution in [-0.2, 0) is 9.53 Å². The van der Waals surface area contributed by atoms with Crippen molar-refractivity contribution in [3.8, 4) is 0 Å². The fraction of sp³-hybridized carbons (Fsp3) is 0.857. The Morgan fingerprint density at radius 2 is 2.08 bits per heavy atom. The van der Waals surface area contributed by atoms with E-state index in [0.29, 0.717) is 13.0 Å². The molecule has 0 aromatic carbocycles. The molecule has 6 heteroatoms. The van der Waals surface area contributed by atoms with Gasteiger partial charge in [0.05, 0.1) is 13.0 Å².